The Morgan fingerprint density at radius 3 is 2.34 bits per heavy atom. The normalized spacial score (nSPS) is 19.4. The van der Waals surface area contributed by atoms with Crippen molar-refractivity contribution < 1.29 is 22.7 Å². The van der Waals surface area contributed by atoms with E-state index in [1.165, 1.54) is 4.31 Å². The number of fused-ring (bicyclic) bond motifs is 1. The maximum absolute atomic E-state index is 13.4. The average Bonchev–Trinajstić information content (AvgIpc) is 2.73. The molecule has 0 saturated carbocycles. The van der Waals surface area contributed by atoms with E-state index in [2.05, 4.69) is 0 Å². The number of sulfonamides is 1. The zero-order valence-electron chi connectivity index (χ0n) is 16.5. The van der Waals surface area contributed by atoms with Gasteiger partial charge in [-0.1, -0.05) is 23.8 Å². The first-order chi connectivity index (χ1) is 13.9. The van der Waals surface area contributed by atoms with Crippen LogP contribution < -0.4 is 9.04 Å². The predicted octanol–water partition coefficient (Wildman–Crippen LogP) is 2.12. The molecule has 2 aromatic carbocycles. The summed E-state index contributed by atoms with van der Waals surface area (Å²) in [6, 6.07) is 12.1. The fourth-order valence-electron chi connectivity index (χ4n) is 3.54. The first-order valence-corrected chi connectivity index (χ1v) is 11.0. The number of amides is 1. The number of morpholine rings is 1. The van der Waals surface area contributed by atoms with Crippen LogP contribution in [0.15, 0.2) is 47.4 Å². The number of hydrogen-bond donors (Lipinski definition) is 0. The molecule has 1 saturated heterocycles. The number of anilines is 1. The van der Waals surface area contributed by atoms with Crippen LogP contribution >= 0.6 is 0 Å². The van der Waals surface area contributed by atoms with Crippen LogP contribution in [-0.4, -0.2) is 58.2 Å². The number of benzene rings is 2. The van der Waals surface area contributed by atoms with Gasteiger partial charge in [0.15, 0.2) is 6.10 Å². The van der Waals surface area contributed by atoms with E-state index in [0.717, 1.165) is 11.1 Å². The SMILES string of the molecule is Cc1ccc(S(=O)(=O)N2C[C@H](C(=O)N3CCOCC3)Oc3ccc(C)cc32)cc1. The third-order valence-electron chi connectivity index (χ3n) is 5.19. The topological polar surface area (TPSA) is 76.2 Å². The van der Waals surface area contributed by atoms with Crippen LogP contribution in [0, 0.1) is 13.8 Å². The van der Waals surface area contributed by atoms with Crippen LogP contribution in [0.3, 0.4) is 0 Å². The number of rotatable bonds is 3. The second-order valence-corrected chi connectivity index (χ2v) is 9.23. The van der Waals surface area contributed by atoms with E-state index in [-0.39, 0.29) is 17.3 Å². The molecule has 2 aliphatic heterocycles. The van der Waals surface area contributed by atoms with Crippen molar-refractivity contribution in [3.63, 3.8) is 0 Å². The molecule has 1 amide bonds. The van der Waals surface area contributed by atoms with E-state index < -0.39 is 16.1 Å². The van der Waals surface area contributed by atoms with Gasteiger partial charge in [0.2, 0.25) is 0 Å². The summed E-state index contributed by atoms with van der Waals surface area (Å²) >= 11 is 0. The molecule has 0 aromatic heterocycles. The van der Waals surface area contributed by atoms with Crippen molar-refractivity contribution in [2.45, 2.75) is 24.8 Å². The Balaban J connectivity index is 1.72. The molecule has 1 atom stereocenters. The minimum Gasteiger partial charge on any atom is -0.476 e. The van der Waals surface area contributed by atoms with Gasteiger partial charge in [0.1, 0.15) is 5.75 Å². The van der Waals surface area contributed by atoms with Gasteiger partial charge in [0.25, 0.3) is 15.9 Å². The highest BCUT2D eigenvalue weighted by atomic mass is 32.2. The van der Waals surface area contributed by atoms with Gasteiger partial charge in [-0.3, -0.25) is 9.10 Å². The lowest BCUT2D eigenvalue weighted by Gasteiger charge is -2.37. The summed E-state index contributed by atoms with van der Waals surface area (Å²) < 4.78 is 39.4. The van der Waals surface area contributed by atoms with Gasteiger partial charge in [0, 0.05) is 13.1 Å². The van der Waals surface area contributed by atoms with Crippen molar-refractivity contribution in [2.24, 2.45) is 0 Å². The Morgan fingerprint density at radius 1 is 1.00 bits per heavy atom. The van der Waals surface area contributed by atoms with Crippen LogP contribution in [0.2, 0.25) is 0 Å². The number of carbonyl (C=O) groups is 1. The molecule has 154 valence electrons. The molecular weight excluding hydrogens is 392 g/mol. The third kappa shape index (κ3) is 3.82. The minimum absolute atomic E-state index is 0.0666. The predicted molar refractivity (Wildman–Crippen MR) is 109 cm³/mol. The van der Waals surface area contributed by atoms with Crippen LogP contribution in [0.25, 0.3) is 0 Å². The summed E-state index contributed by atoms with van der Waals surface area (Å²) in [5.41, 5.74) is 2.34. The highest BCUT2D eigenvalue weighted by Crippen LogP contribution is 2.38. The Hall–Kier alpha value is -2.58. The van der Waals surface area contributed by atoms with Crippen molar-refractivity contribution in [1.82, 2.24) is 4.90 Å². The van der Waals surface area contributed by atoms with E-state index >= 15 is 0 Å². The molecule has 1 fully saturated rings. The quantitative estimate of drug-likeness (QED) is 0.766. The molecule has 4 rings (SSSR count). The van der Waals surface area contributed by atoms with Gasteiger partial charge in [0.05, 0.1) is 30.3 Å². The van der Waals surface area contributed by atoms with Crippen LogP contribution in [0.4, 0.5) is 5.69 Å². The molecule has 0 radical (unpaired) electrons. The largest absolute Gasteiger partial charge is 0.476 e. The van der Waals surface area contributed by atoms with Crippen molar-refractivity contribution in [1.29, 1.82) is 0 Å². The number of ether oxygens (including phenoxy) is 2. The fraction of sp³-hybridized carbons (Fsp3) is 0.381. The maximum atomic E-state index is 13.4. The first kappa shape index (κ1) is 19.7. The summed E-state index contributed by atoms with van der Waals surface area (Å²) in [5.74, 6) is 0.174. The molecule has 7 nitrogen and oxygen atoms in total. The minimum atomic E-state index is -3.85. The number of carbonyl (C=O) groups excluding carboxylic acids is 1. The zero-order chi connectivity index (χ0) is 20.6. The number of hydrogen-bond acceptors (Lipinski definition) is 5. The molecule has 29 heavy (non-hydrogen) atoms. The molecule has 2 aliphatic rings. The van der Waals surface area contributed by atoms with Gasteiger partial charge in [-0.25, -0.2) is 8.42 Å². The van der Waals surface area contributed by atoms with Gasteiger partial charge in [-0.15, -0.1) is 0 Å². The van der Waals surface area contributed by atoms with Crippen LogP contribution in [0.5, 0.6) is 5.75 Å². The van der Waals surface area contributed by atoms with E-state index in [9.17, 15) is 13.2 Å². The first-order valence-electron chi connectivity index (χ1n) is 9.59. The molecule has 0 N–H and O–H groups in total. The Kier molecular flexibility index (Phi) is 5.23. The van der Waals surface area contributed by atoms with Gasteiger partial charge >= 0.3 is 0 Å². The van der Waals surface area contributed by atoms with Crippen LogP contribution in [0.1, 0.15) is 11.1 Å². The highest BCUT2D eigenvalue weighted by molar-refractivity contribution is 7.92. The number of nitrogens with zero attached hydrogens (tertiary/aromatic N) is 2. The summed E-state index contributed by atoms with van der Waals surface area (Å²) in [7, 11) is -3.85. The Morgan fingerprint density at radius 2 is 1.66 bits per heavy atom. The molecule has 0 spiro atoms. The summed E-state index contributed by atoms with van der Waals surface area (Å²) in [5, 5.41) is 0. The van der Waals surface area contributed by atoms with E-state index in [4.69, 9.17) is 9.47 Å². The fourth-order valence-corrected chi connectivity index (χ4v) is 5.01. The van der Waals surface area contributed by atoms with E-state index in [1.54, 1.807) is 41.3 Å². The standard InChI is InChI=1S/C21H24N2O5S/c1-15-3-6-17(7-4-15)29(25,26)23-14-20(21(24)22-9-11-27-12-10-22)28-19-8-5-16(2)13-18(19)23/h3-8,13,20H,9-12,14H2,1-2H3/t20-/m1/s1. The maximum Gasteiger partial charge on any atom is 0.265 e. The van der Waals surface area contributed by atoms with E-state index in [0.29, 0.717) is 37.7 Å². The molecule has 0 aliphatic carbocycles. The Bertz CT molecular complexity index is 1010. The number of aryl methyl sites for hydroxylation is 2. The summed E-state index contributed by atoms with van der Waals surface area (Å²) in [6.45, 7) is 5.62. The molecule has 8 heteroatoms. The second kappa shape index (κ2) is 7.68. The molecular formula is C21H24N2O5S. The van der Waals surface area contributed by atoms with Gasteiger partial charge < -0.3 is 14.4 Å². The lowest BCUT2D eigenvalue weighted by molar-refractivity contribution is -0.142. The van der Waals surface area contributed by atoms with Crippen LogP contribution in [-0.2, 0) is 19.6 Å². The van der Waals surface area contributed by atoms with E-state index in [1.807, 2.05) is 19.9 Å². The van der Waals surface area contributed by atoms with Crippen molar-refractivity contribution in [2.75, 3.05) is 37.2 Å². The third-order valence-corrected chi connectivity index (χ3v) is 6.99. The van der Waals surface area contributed by atoms with Crippen molar-refractivity contribution in [3.05, 3.63) is 53.6 Å². The smallest absolute Gasteiger partial charge is 0.265 e. The molecule has 2 aromatic rings. The molecule has 0 bridgehead atoms. The lowest BCUT2D eigenvalue weighted by Crippen LogP contribution is -2.54. The van der Waals surface area contributed by atoms with Gasteiger partial charge in [-0.2, -0.15) is 0 Å². The van der Waals surface area contributed by atoms with Crippen molar-refractivity contribution >= 4 is 21.6 Å². The monoisotopic (exact) mass is 416 g/mol. The average molecular weight is 416 g/mol. The lowest BCUT2D eigenvalue weighted by atomic mass is 10.1. The molecule has 2 heterocycles. The van der Waals surface area contributed by atoms with Crippen molar-refractivity contribution in [3.8, 4) is 5.75 Å². The zero-order valence-corrected chi connectivity index (χ0v) is 17.3. The highest BCUT2D eigenvalue weighted by Gasteiger charge is 2.39. The summed E-state index contributed by atoms with van der Waals surface area (Å²) in [6.07, 6.45) is -0.900. The second-order valence-electron chi connectivity index (χ2n) is 7.36. The Labute approximate surface area is 170 Å². The molecule has 0 unspecified atom stereocenters. The summed E-state index contributed by atoms with van der Waals surface area (Å²) in [4.78, 5) is 14.9. The van der Waals surface area contributed by atoms with Gasteiger partial charge in [-0.05, 0) is 43.7 Å².